The predicted molar refractivity (Wildman–Crippen MR) is 35.7 cm³/mol. The second-order valence-electron chi connectivity index (χ2n) is 2.63. The van der Waals surface area contributed by atoms with Gasteiger partial charge in [0.15, 0.2) is 0 Å². The van der Waals surface area contributed by atoms with E-state index in [0.717, 1.165) is 19.4 Å². The molecule has 51 valence electrons. The van der Waals surface area contributed by atoms with Crippen molar-refractivity contribution in [3.63, 3.8) is 0 Å². The molecule has 1 unspecified atom stereocenters. The van der Waals surface area contributed by atoms with Crippen molar-refractivity contribution in [3.05, 3.63) is 0 Å². The number of piperidine rings is 1. The Balaban J connectivity index is 2.38. The third-order valence-electron chi connectivity index (χ3n) is 1.92. The lowest BCUT2D eigenvalue weighted by Gasteiger charge is -2.28. The van der Waals surface area contributed by atoms with E-state index in [1.807, 2.05) is 6.41 Å². The maximum atomic E-state index is 10.2. The summed E-state index contributed by atoms with van der Waals surface area (Å²) in [7, 11) is 0. The minimum Gasteiger partial charge on any atom is -0.332 e. The highest BCUT2D eigenvalue weighted by atomic mass is 16.1. The highest BCUT2D eigenvalue weighted by molar-refractivity contribution is 5.48. The summed E-state index contributed by atoms with van der Waals surface area (Å²) in [6, 6.07) is 0.427. The number of hydrogen-bond acceptors (Lipinski definition) is 1. The zero-order valence-corrected chi connectivity index (χ0v) is 5.76. The van der Waals surface area contributed by atoms with Crippen LogP contribution in [0.5, 0.6) is 0 Å². The fourth-order valence-electron chi connectivity index (χ4n) is 1.23. The Morgan fingerprint density at radius 1 is 1.56 bits per heavy atom. The molecule has 0 saturated carbocycles. The van der Waals surface area contributed by atoms with Crippen LogP contribution in [0.1, 0.15) is 26.2 Å². The van der Waals surface area contributed by atoms with Crippen molar-refractivity contribution < 1.29 is 4.79 Å². The van der Waals surface area contributed by atoms with Gasteiger partial charge in [0, 0.05) is 12.6 Å². The van der Waals surface area contributed by atoms with Gasteiger partial charge in [-0.3, -0.25) is 4.79 Å². The molecule has 1 atom stereocenters. The van der Waals surface area contributed by atoms with Gasteiger partial charge >= 0.3 is 6.41 Å². The van der Waals surface area contributed by atoms with E-state index in [0.29, 0.717) is 6.04 Å². The summed E-state index contributed by atoms with van der Waals surface area (Å²) in [6.07, 6.45) is 5.50. The van der Waals surface area contributed by atoms with Gasteiger partial charge in [-0.05, 0) is 26.2 Å². The van der Waals surface area contributed by atoms with E-state index in [2.05, 4.69) is 6.92 Å². The number of rotatable bonds is 1. The largest absolute Gasteiger partial charge is 0.332 e. The van der Waals surface area contributed by atoms with Crippen LogP contribution in [0.4, 0.5) is 0 Å². The summed E-state index contributed by atoms with van der Waals surface area (Å²) in [4.78, 5) is 11.9. The summed E-state index contributed by atoms with van der Waals surface area (Å²) in [5.74, 6) is 0. The average molecular weight is 126 g/mol. The molecule has 9 heavy (non-hydrogen) atoms. The number of carbonyl (C=O) groups excluding carboxylic acids is 1. The first kappa shape index (κ1) is 6.59. The van der Waals surface area contributed by atoms with E-state index in [1.165, 1.54) is 6.42 Å². The van der Waals surface area contributed by atoms with Crippen LogP contribution in [0.2, 0.25) is 0 Å². The third-order valence-corrected chi connectivity index (χ3v) is 1.92. The van der Waals surface area contributed by atoms with Crippen molar-refractivity contribution in [2.45, 2.75) is 32.2 Å². The van der Waals surface area contributed by atoms with E-state index >= 15 is 0 Å². The Hall–Kier alpha value is -0.530. The quantitative estimate of drug-likeness (QED) is 0.511. The van der Waals surface area contributed by atoms with Crippen LogP contribution in [0.25, 0.3) is 0 Å². The van der Waals surface area contributed by atoms with Crippen LogP contribution >= 0.6 is 0 Å². The van der Waals surface area contributed by atoms with E-state index < -0.39 is 0 Å². The van der Waals surface area contributed by atoms with Crippen LogP contribution in [-0.2, 0) is 4.79 Å². The first-order valence-corrected chi connectivity index (χ1v) is 3.49. The molecule has 1 aliphatic heterocycles. The Morgan fingerprint density at radius 2 is 2.33 bits per heavy atom. The van der Waals surface area contributed by atoms with Crippen molar-refractivity contribution in [2.75, 3.05) is 6.54 Å². The molecule has 1 fully saturated rings. The fourth-order valence-corrected chi connectivity index (χ4v) is 1.23. The summed E-state index contributed by atoms with van der Waals surface area (Å²) in [6.45, 7) is 2.98. The molecule has 1 radical (unpaired) electrons. The van der Waals surface area contributed by atoms with E-state index in [-0.39, 0.29) is 0 Å². The average Bonchev–Trinajstić information content (AvgIpc) is 1.89. The molecule has 2 nitrogen and oxygen atoms in total. The van der Waals surface area contributed by atoms with Gasteiger partial charge in [0.1, 0.15) is 0 Å². The van der Waals surface area contributed by atoms with Crippen molar-refractivity contribution >= 4 is 6.41 Å². The predicted octanol–water partition coefficient (Wildman–Crippen LogP) is 0.928. The molecule has 0 bridgehead atoms. The van der Waals surface area contributed by atoms with Crippen molar-refractivity contribution in [1.29, 1.82) is 0 Å². The van der Waals surface area contributed by atoms with Gasteiger partial charge in [-0.15, -0.1) is 0 Å². The minimum atomic E-state index is 0.427. The SMILES string of the molecule is CC1CCCCN1[C]=O. The lowest BCUT2D eigenvalue weighted by molar-refractivity contribution is 0.246. The minimum absolute atomic E-state index is 0.427. The summed E-state index contributed by atoms with van der Waals surface area (Å²) in [5.41, 5.74) is 0. The third kappa shape index (κ3) is 1.44. The first-order valence-electron chi connectivity index (χ1n) is 3.49. The van der Waals surface area contributed by atoms with Crippen molar-refractivity contribution in [2.24, 2.45) is 0 Å². The van der Waals surface area contributed by atoms with Gasteiger partial charge in [-0.1, -0.05) is 0 Å². The number of hydrogen-bond donors (Lipinski definition) is 0. The monoisotopic (exact) mass is 126 g/mol. The fraction of sp³-hybridized carbons (Fsp3) is 0.857. The smallest absolute Gasteiger partial charge is 0.312 e. The van der Waals surface area contributed by atoms with E-state index in [4.69, 9.17) is 0 Å². The van der Waals surface area contributed by atoms with E-state index in [1.54, 1.807) is 4.90 Å². The molecule has 0 N–H and O–H groups in total. The second kappa shape index (κ2) is 2.85. The van der Waals surface area contributed by atoms with Crippen LogP contribution in [0, 0.1) is 0 Å². The topological polar surface area (TPSA) is 20.3 Å². The van der Waals surface area contributed by atoms with Gasteiger partial charge < -0.3 is 4.90 Å². The summed E-state index contributed by atoms with van der Waals surface area (Å²) >= 11 is 0. The molecule has 1 aliphatic rings. The van der Waals surface area contributed by atoms with Crippen LogP contribution in [0.15, 0.2) is 0 Å². The molecule has 0 aromatic heterocycles. The van der Waals surface area contributed by atoms with Gasteiger partial charge in [0.25, 0.3) is 0 Å². The lowest BCUT2D eigenvalue weighted by Crippen LogP contribution is -2.35. The standard InChI is InChI=1S/C7H12NO/c1-7-4-2-3-5-8(7)6-9/h7H,2-5H2,1H3. The molecule has 0 spiro atoms. The number of likely N-dealkylation sites (tertiary alicyclic amines) is 1. The van der Waals surface area contributed by atoms with Crippen molar-refractivity contribution in [3.8, 4) is 0 Å². The number of nitrogens with zero attached hydrogens (tertiary/aromatic N) is 1. The van der Waals surface area contributed by atoms with Crippen LogP contribution in [-0.4, -0.2) is 23.9 Å². The Morgan fingerprint density at radius 3 is 2.78 bits per heavy atom. The maximum Gasteiger partial charge on any atom is 0.312 e. The lowest BCUT2D eigenvalue weighted by atomic mass is 10.1. The highest BCUT2D eigenvalue weighted by Gasteiger charge is 2.15. The zero-order chi connectivity index (χ0) is 6.69. The highest BCUT2D eigenvalue weighted by Crippen LogP contribution is 2.13. The molecule has 0 aliphatic carbocycles. The van der Waals surface area contributed by atoms with Crippen LogP contribution in [0.3, 0.4) is 0 Å². The molecule has 1 heterocycles. The van der Waals surface area contributed by atoms with Crippen molar-refractivity contribution in [1.82, 2.24) is 4.90 Å². The van der Waals surface area contributed by atoms with E-state index in [9.17, 15) is 4.79 Å². The normalized spacial score (nSPS) is 28.1. The Labute approximate surface area is 55.8 Å². The molecule has 1 saturated heterocycles. The molecule has 1 amide bonds. The zero-order valence-electron chi connectivity index (χ0n) is 5.76. The molecule has 1 rings (SSSR count). The first-order chi connectivity index (χ1) is 4.34. The second-order valence-corrected chi connectivity index (χ2v) is 2.63. The molecule has 0 aromatic rings. The van der Waals surface area contributed by atoms with Gasteiger partial charge in [0.05, 0.1) is 0 Å². The van der Waals surface area contributed by atoms with Gasteiger partial charge in [-0.25, -0.2) is 0 Å². The summed E-state index contributed by atoms with van der Waals surface area (Å²) in [5, 5.41) is 0. The Bertz CT molecular complexity index is 103. The van der Waals surface area contributed by atoms with Gasteiger partial charge in [0.2, 0.25) is 0 Å². The summed E-state index contributed by atoms with van der Waals surface area (Å²) < 4.78 is 0. The maximum absolute atomic E-state index is 10.2. The Kier molecular flexibility index (Phi) is 2.09. The van der Waals surface area contributed by atoms with Crippen LogP contribution < -0.4 is 0 Å². The number of amides is 1. The van der Waals surface area contributed by atoms with Gasteiger partial charge in [-0.2, -0.15) is 0 Å². The molecular weight excluding hydrogens is 114 g/mol. The molecule has 2 heteroatoms. The molecule has 0 aromatic carbocycles. The molecular formula is C7H12NO.